The van der Waals surface area contributed by atoms with Crippen molar-refractivity contribution in [1.82, 2.24) is 9.78 Å². The number of nitrogens with two attached hydrogens (primary N) is 1. The quantitative estimate of drug-likeness (QED) is 0.861. The van der Waals surface area contributed by atoms with Crippen LogP contribution in [-0.4, -0.2) is 15.6 Å². The number of hydrogen-bond donors (Lipinski definition) is 1. The summed E-state index contributed by atoms with van der Waals surface area (Å²) in [5.74, 6) is -0.470. The molecule has 0 spiro atoms. The second-order valence-corrected chi connectivity index (χ2v) is 3.68. The Morgan fingerprint density at radius 2 is 2.00 bits per heavy atom. The number of benzene rings is 1. The summed E-state index contributed by atoms with van der Waals surface area (Å²) in [6.45, 7) is 0.524. The summed E-state index contributed by atoms with van der Waals surface area (Å²) in [5.41, 5.74) is 6.78. The van der Waals surface area contributed by atoms with Gasteiger partial charge in [0, 0.05) is 23.9 Å². The van der Waals surface area contributed by atoms with Gasteiger partial charge in [-0.25, -0.2) is 4.39 Å². The summed E-state index contributed by atoms with van der Waals surface area (Å²) in [6, 6.07) is 5.46. The number of hydrogen-bond acceptors (Lipinski definition) is 3. The predicted octanol–water partition coefficient (Wildman–Crippen LogP) is 1.79. The Hall–Kier alpha value is -1.72. The van der Waals surface area contributed by atoms with Crippen LogP contribution in [0.4, 0.5) is 4.39 Å². The molecule has 2 N–H and O–H groups in total. The average molecular weight is 270 g/mol. The third kappa shape index (κ3) is 3.38. The number of halogens is 2. The fourth-order valence-electron chi connectivity index (χ4n) is 1.47. The smallest absolute Gasteiger partial charge is 0.184 e. The number of nitrogens with zero attached hydrogens (tertiary/aromatic N) is 2. The van der Waals surface area contributed by atoms with Crippen molar-refractivity contribution in [1.29, 1.82) is 0 Å². The minimum atomic E-state index is -0.356. The highest BCUT2D eigenvalue weighted by atomic mass is 35.5. The van der Waals surface area contributed by atoms with Crippen LogP contribution in [0.1, 0.15) is 15.9 Å². The second-order valence-electron chi connectivity index (χ2n) is 3.68. The molecule has 1 heterocycles. The van der Waals surface area contributed by atoms with Gasteiger partial charge in [-0.3, -0.25) is 9.48 Å². The van der Waals surface area contributed by atoms with Gasteiger partial charge in [0.25, 0.3) is 0 Å². The highest BCUT2D eigenvalue weighted by Gasteiger charge is 2.07. The lowest BCUT2D eigenvalue weighted by Gasteiger charge is -2.01. The van der Waals surface area contributed by atoms with E-state index in [1.54, 1.807) is 12.4 Å². The van der Waals surface area contributed by atoms with Gasteiger partial charge in [0.1, 0.15) is 12.4 Å². The number of Topliss-reactive ketones (excluding diaryl/α,β-unsaturated/α-hetero) is 1. The lowest BCUT2D eigenvalue weighted by molar-refractivity contribution is 0.0967. The topological polar surface area (TPSA) is 60.9 Å². The molecule has 6 heteroatoms. The first-order chi connectivity index (χ1) is 8.19. The van der Waals surface area contributed by atoms with E-state index < -0.39 is 0 Å². The van der Waals surface area contributed by atoms with Gasteiger partial charge in [-0.2, -0.15) is 5.10 Å². The molecule has 0 saturated carbocycles. The molecule has 2 rings (SSSR count). The molecule has 2 aromatic rings. The molecule has 0 unspecified atom stereocenters. The second kappa shape index (κ2) is 6.28. The van der Waals surface area contributed by atoms with Gasteiger partial charge in [0.2, 0.25) is 0 Å². The zero-order chi connectivity index (χ0) is 12.3. The van der Waals surface area contributed by atoms with E-state index in [-0.39, 0.29) is 30.6 Å². The number of carbonyl (C=O) groups is 1. The van der Waals surface area contributed by atoms with Crippen molar-refractivity contribution in [3.63, 3.8) is 0 Å². The minimum Gasteiger partial charge on any atom is -0.326 e. The Balaban J connectivity index is 0.00000162. The summed E-state index contributed by atoms with van der Waals surface area (Å²) in [5, 5.41) is 4.01. The van der Waals surface area contributed by atoms with Crippen LogP contribution < -0.4 is 5.73 Å². The highest BCUT2D eigenvalue weighted by Crippen LogP contribution is 2.05. The maximum Gasteiger partial charge on any atom is 0.184 e. The first-order valence-electron chi connectivity index (χ1n) is 5.19. The molecular weight excluding hydrogens is 257 g/mol. The molecule has 0 aliphatic carbocycles. The van der Waals surface area contributed by atoms with Crippen LogP contribution in [0.5, 0.6) is 0 Å². The van der Waals surface area contributed by atoms with E-state index in [1.807, 2.05) is 0 Å². The Bertz CT molecular complexity index is 524. The van der Waals surface area contributed by atoms with E-state index in [1.165, 1.54) is 28.9 Å². The van der Waals surface area contributed by atoms with Crippen LogP contribution >= 0.6 is 12.4 Å². The zero-order valence-electron chi connectivity index (χ0n) is 9.54. The highest BCUT2D eigenvalue weighted by molar-refractivity contribution is 5.95. The Labute approximate surface area is 110 Å². The molecule has 1 aromatic carbocycles. The number of rotatable bonds is 4. The molecule has 0 saturated heterocycles. The van der Waals surface area contributed by atoms with Crippen LogP contribution in [0.2, 0.25) is 0 Å². The number of aromatic nitrogens is 2. The molecule has 18 heavy (non-hydrogen) atoms. The standard InChI is InChI=1S/C12H12FN3O.ClH/c13-11-3-1-10(2-4-11)12(17)8-16-7-9(5-14)6-15-16;/h1-4,6-7H,5,8,14H2;1H. The van der Waals surface area contributed by atoms with Crippen LogP contribution in [0, 0.1) is 5.82 Å². The van der Waals surface area contributed by atoms with E-state index >= 15 is 0 Å². The molecule has 4 nitrogen and oxygen atoms in total. The summed E-state index contributed by atoms with van der Waals surface area (Å²) in [4.78, 5) is 11.8. The summed E-state index contributed by atoms with van der Waals surface area (Å²) < 4.78 is 14.2. The van der Waals surface area contributed by atoms with Crippen LogP contribution in [0.3, 0.4) is 0 Å². The molecule has 0 atom stereocenters. The van der Waals surface area contributed by atoms with Crippen LogP contribution in [0.15, 0.2) is 36.7 Å². The van der Waals surface area contributed by atoms with Gasteiger partial charge >= 0.3 is 0 Å². The van der Waals surface area contributed by atoms with Crippen molar-refractivity contribution in [3.8, 4) is 0 Å². The van der Waals surface area contributed by atoms with Crippen molar-refractivity contribution < 1.29 is 9.18 Å². The van der Waals surface area contributed by atoms with Gasteiger partial charge in [-0.15, -0.1) is 12.4 Å². The van der Waals surface area contributed by atoms with Gasteiger partial charge in [-0.05, 0) is 24.3 Å². The largest absolute Gasteiger partial charge is 0.326 e. The predicted molar refractivity (Wildman–Crippen MR) is 68.1 cm³/mol. The zero-order valence-corrected chi connectivity index (χ0v) is 10.4. The van der Waals surface area contributed by atoms with Gasteiger partial charge in [0.05, 0.1) is 6.20 Å². The molecule has 96 valence electrons. The normalized spacial score (nSPS) is 9.89. The van der Waals surface area contributed by atoms with E-state index in [0.717, 1.165) is 5.56 Å². The lowest BCUT2D eigenvalue weighted by atomic mass is 10.1. The number of ketones is 1. The van der Waals surface area contributed by atoms with Gasteiger partial charge < -0.3 is 5.73 Å². The van der Waals surface area contributed by atoms with Crippen molar-refractivity contribution >= 4 is 18.2 Å². The summed E-state index contributed by atoms with van der Waals surface area (Å²) in [7, 11) is 0. The maximum atomic E-state index is 12.7. The van der Waals surface area contributed by atoms with E-state index in [0.29, 0.717) is 12.1 Å². The SMILES string of the molecule is Cl.NCc1cnn(CC(=O)c2ccc(F)cc2)c1. The summed E-state index contributed by atoms with van der Waals surface area (Å²) >= 11 is 0. The fourth-order valence-corrected chi connectivity index (χ4v) is 1.47. The molecule has 0 aliphatic rings. The first-order valence-corrected chi connectivity index (χ1v) is 5.19. The average Bonchev–Trinajstić information content (AvgIpc) is 2.77. The van der Waals surface area contributed by atoms with Crippen LogP contribution in [-0.2, 0) is 13.1 Å². The van der Waals surface area contributed by atoms with Crippen molar-refractivity contribution in [3.05, 3.63) is 53.6 Å². The molecule has 0 bridgehead atoms. The maximum absolute atomic E-state index is 12.7. The molecule has 0 fully saturated rings. The first kappa shape index (κ1) is 14.3. The monoisotopic (exact) mass is 269 g/mol. The fraction of sp³-hybridized carbons (Fsp3) is 0.167. The minimum absolute atomic E-state index is 0. The number of carbonyl (C=O) groups excluding carboxylic acids is 1. The van der Waals surface area contributed by atoms with E-state index in [9.17, 15) is 9.18 Å². The Morgan fingerprint density at radius 3 is 2.56 bits per heavy atom. The van der Waals surface area contributed by atoms with E-state index in [4.69, 9.17) is 5.73 Å². The lowest BCUT2D eigenvalue weighted by Crippen LogP contribution is -2.10. The molecular formula is C12H13ClFN3O. The Morgan fingerprint density at radius 1 is 1.33 bits per heavy atom. The molecule has 0 radical (unpaired) electrons. The Kier molecular flexibility index (Phi) is 5.00. The van der Waals surface area contributed by atoms with Gasteiger partial charge in [-0.1, -0.05) is 0 Å². The van der Waals surface area contributed by atoms with Crippen molar-refractivity contribution in [2.45, 2.75) is 13.1 Å². The molecule has 0 amide bonds. The molecule has 0 aliphatic heterocycles. The van der Waals surface area contributed by atoms with E-state index in [2.05, 4.69) is 5.10 Å². The van der Waals surface area contributed by atoms with Crippen molar-refractivity contribution in [2.24, 2.45) is 5.73 Å². The third-order valence-electron chi connectivity index (χ3n) is 2.39. The third-order valence-corrected chi connectivity index (χ3v) is 2.39. The van der Waals surface area contributed by atoms with Gasteiger partial charge in [0.15, 0.2) is 5.78 Å². The van der Waals surface area contributed by atoms with Crippen molar-refractivity contribution in [2.75, 3.05) is 0 Å². The molecule has 1 aromatic heterocycles. The van der Waals surface area contributed by atoms with Crippen LogP contribution in [0.25, 0.3) is 0 Å². The summed E-state index contributed by atoms with van der Waals surface area (Å²) in [6.07, 6.45) is 3.35.